The molecule has 8 nitrogen and oxygen atoms in total. The van der Waals surface area contributed by atoms with Gasteiger partial charge in [0.15, 0.2) is 0 Å². The van der Waals surface area contributed by atoms with Crippen molar-refractivity contribution >= 4 is 52.7 Å². The minimum Gasteiger partial charge on any atom is -0.478 e. The van der Waals surface area contributed by atoms with E-state index in [0.29, 0.717) is 0 Å². The summed E-state index contributed by atoms with van der Waals surface area (Å²) in [5.74, 6) is -4.77. The molecule has 0 aromatic heterocycles. The molecule has 3 rings (SSSR count). The molecule has 0 saturated heterocycles. The Balaban J connectivity index is 1.94. The Morgan fingerprint density at radius 1 is 0.750 bits per heavy atom. The molecule has 10 heteroatoms. The van der Waals surface area contributed by atoms with Gasteiger partial charge >= 0.3 is 17.9 Å². The van der Waals surface area contributed by atoms with E-state index in [9.17, 15) is 24.3 Å². The third-order valence-electron chi connectivity index (χ3n) is 4.88. The molecule has 2 N–H and O–H groups in total. The lowest BCUT2D eigenvalue weighted by Gasteiger charge is -2.23. The Bertz CT molecular complexity index is 1300. The normalized spacial score (nSPS) is 12.2. The third kappa shape index (κ3) is 7.07. The predicted molar refractivity (Wildman–Crippen MR) is 133 cm³/mol. The van der Waals surface area contributed by atoms with E-state index < -0.39 is 36.0 Å². The number of carbonyl (C=O) groups excluding carboxylic acids is 3. The standard InChI is InChI=1S/C26H21Cl2NO7/c1-14-5-3-7-16(9-14)25(33)35-21(23(30)29-20-12-18(27)11-19(28)13-20)22(24(31)32)36-26(34)17-8-4-6-15(2)10-17/h3-13,21-22H,1-2H3,(H,29,30)(H,31,32)/t21-,22+/m1/s1. The van der Waals surface area contributed by atoms with Crippen LogP contribution in [-0.4, -0.2) is 41.1 Å². The Kier molecular flexibility index (Phi) is 8.68. The summed E-state index contributed by atoms with van der Waals surface area (Å²) in [5.41, 5.74) is 1.72. The van der Waals surface area contributed by atoms with Crippen LogP contribution in [0, 0.1) is 13.8 Å². The van der Waals surface area contributed by atoms with Gasteiger partial charge in [0.1, 0.15) is 0 Å². The molecule has 1 amide bonds. The quantitative estimate of drug-likeness (QED) is 0.390. The van der Waals surface area contributed by atoms with Gasteiger partial charge in [0.05, 0.1) is 11.1 Å². The van der Waals surface area contributed by atoms with E-state index in [0.717, 1.165) is 11.1 Å². The van der Waals surface area contributed by atoms with Crippen LogP contribution in [0.3, 0.4) is 0 Å². The number of benzene rings is 3. The average Bonchev–Trinajstić information content (AvgIpc) is 2.80. The zero-order valence-corrected chi connectivity index (χ0v) is 20.7. The topological polar surface area (TPSA) is 119 Å². The fraction of sp³-hybridized carbons (Fsp3) is 0.154. The lowest BCUT2D eigenvalue weighted by Crippen LogP contribution is -2.48. The number of hydrogen-bond acceptors (Lipinski definition) is 6. The number of aliphatic carboxylic acids is 1. The number of hydrogen-bond donors (Lipinski definition) is 2. The highest BCUT2D eigenvalue weighted by Gasteiger charge is 2.41. The van der Waals surface area contributed by atoms with Crippen LogP contribution in [0.15, 0.2) is 66.7 Å². The zero-order chi connectivity index (χ0) is 26.4. The lowest BCUT2D eigenvalue weighted by molar-refractivity contribution is -0.157. The molecule has 186 valence electrons. The molecular formula is C26H21Cl2NO7. The van der Waals surface area contributed by atoms with Gasteiger partial charge in [-0.3, -0.25) is 4.79 Å². The molecule has 0 aliphatic heterocycles. The van der Waals surface area contributed by atoms with Crippen LogP contribution in [-0.2, 0) is 19.1 Å². The predicted octanol–water partition coefficient (Wildman–Crippen LogP) is 5.08. The maximum Gasteiger partial charge on any atom is 0.349 e. The van der Waals surface area contributed by atoms with Crippen LogP contribution in [0.4, 0.5) is 5.69 Å². The number of halogens is 2. The highest BCUT2D eigenvalue weighted by Crippen LogP contribution is 2.23. The number of aryl methyl sites for hydroxylation is 2. The molecule has 36 heavy (non-hydrogen) atoms. The summed E-state index contributed by atoms with van der Waals surface area (Å²) in [5, 5.41) is 12.6. The zero-order valence-electron chi connectivity index (χ0n) is 19.2. The van der Waals surface area contributed by atoms with Crippen LogP contribution in [0.2, 0.25) is 10.0 Å². The van der Waals surface area contributed by atoms with E-state index in [1.165, 1.54) is 42.5 Å². The number of carbonyl (C=O) groups is 4. The Hall–Kier alpha value is -3.88. The number of nitrogens with one attached hydrogen (secondary N) is 1. The van der Waals surface area contributed by atoms with Crippen LogP contribution in [0.1, 0.15) is 31.8 Å². The van der Waals surface area contributed by atoms with E-state index in [-0.39, 0.29) is 26.9 Å². The number of esters is 2. The fourth-order valence-corrected chi connectivity index (χ4v) is 3.77. The molecular weight excluding hydrogens is 509 g/mol. The first kappa shape index (κ1) is 26.7. The van der Waals surface area contributed by atoms with E-state index in [4.69, 9.17) is 32.7 Å². The molecule has 0 heterocycles. The van der Waals surface area contributed by atoms with Gasteiger partial charge in [-0.05, 0) is 56.3 Å². The van der Waals surface area contributed by atoms with Gasteiger partial charge in [-0.2, -0.15) is 0 Å². The highest BCUT2D eigenvalue weighted by molar-refractivity contribution is 6.35. The monoisotopic (exact) mass is 529 g/mol. The summed E-state index contributed by atoms with van der Waals surface area (Å²) in [4.78, 5) is 50.8. The molecule has 0 radical (unpaired) electrons. The second-order valence-corrected chi connectivity index (χ2v) is 8.75. The van der Waals surface area contributed by atoms with Gasteiger partial charge in [-0.25, -0.2) is 14.4 Å². The molecule has 0 aliphatic rings. The maximum atomic E-state index is 13.2. The Labute approximate surface area is 216 Å². The smallest absolute Gasteiger partial charge is 0.349 e. The van der Waals surface area contributed by atoms with Gasteiger partial charge in [0.25, 0.3) is 5.91 Å². The SMILES string of the molecule is Cc1cccc(C(=O)O[C@H](C(=O)O)[C@@H](OC(=O)c2cccc(C)c2)C(=O)Nc2cc(Cl)cc(Cl)c2)c1. The van der Waals surface area contributed by atoms with Crippen molar-refractivity contribution in [2.24, 2.45) is 0 Å². The van der Waals surface area contributed by atoms with Crippen molar-refractivity contribution in [3.63, 3.8) is 0 Å². The van der Waals surface area contributed by atoms with Crippen LogP contribution in [0.25, 0.3) is 0 Å². The minimum absolute atomic E-state index is 0.0621. The number of ether oxygens (including phenoxy) is 2. The molecule has 3 aromatic carbocycles. The van der Waals surface area contributed by atoms with Crippen molar-refractivity contribution in [1.29, 1.82) is 0 Å². The molecule has 0 fully saturated rings. The van der Waals surface area contributed by atoms with Crippen molar-refractivity contribution < 1.29 is 33.8 Å². The summed E-state index contributed by atoms with van der Waals surface area (Å²) in [6, 6.07) is 16.7. The second-order valence-electron chi connectivity index (χ2n) is 7.88. The summed E-state index contributed by atoms with van der Waals surface area (Å²) >= 11 is 11.9. The van der Waals surface area contributed by atoms with Crippen molar-refractivity contribution in [3.05, 3.63) is 99.0 Å². The molecule has 2 atom stereocenters. The maximum absolute atomic E-state index is 13.2. The molecule has 0 aliphatic carbocycles. The molecule has 3 aromatic rings. The Morgan fingerprint density at radius 3 is 1.67 bits per heavy atom. The van der Waals surface area contributed by atoms with Crippen LogP contribution in [0.5, 0.6) is 0 Å². The fourth-order valence-electron chi connectivity index (χ4n) is 3.24. The first-order valence-electron chi connectivity index (χ1n) is 10.6. The summed E-state index contributed by atoms with van der Waals surface area (Å²) in [6.07, 6.45) is -4.22. The summed E-state index contributed by atoms with van der Waals surface area (Å²) < 4.78 is 10.4. The van der Waals surface area contributed by atoms with Crippen molar-refractivity contribution in [3.8, 4) is 0 Å². The van der Waals surface area contributed by atoms with E-state index in [1.54, 1.807) is 38.1 Å². The van der Waals surface area contributed by atoms with Gasteiger partial charge in [0.2, 0.25) is 12.2 Å². The molecule has 0 unspecified atom stereocenters. The van der Waals surface area contributed by atoms with E-state index >= 15 is 0 Å². The number of amides is 1. The van der Waals surface area contributed by atoms with Crippen molar-refractivity contribution in [2.75, 3.05) is 5.32 Å². The summed E-state index contributed by atoms with van der Waals surface area (Å²) in [7, 11) is 0. The van der Waals surface area contributed by atoms with E-state index in [1.807, 2.05) is 0 Å². The van der Waals surface area contributed by atoms with Gasteiger partial charge in [-0.1, -0.05) is 58.6 Å². The van der Waals surface area contributed by atoms with E-state index in [2.05, 4.69) is 5.32 Å². The van der Waals surface area contributed by atoms with Crippen LogP contribution >= 0.6 is 23.2 Å². The minimum atomic E-state index is -2.17. The van der Waals surface area contributed by atoms with Gasteiger partial charge in [-0.15, -0.1) is 0 Å². The number of carboxylic acids is 1. The van der Waals surface area contributed by atoms with Crippen molar-refractivity contribution in [1.82, 2.24) is 0 Å². The van der Waals surface area contributed by atoms with Gasteiger partial charge < -0.3 is 19.9 Å². The first-order valence-corrected chi connectivity index (χ1v) is 11.3. The molecule has 0 bridgehead atoms. The third-order valence-corrected chi connectivity index (χ3v) is 5.32. The number of rotatable bonds is 8. The Morgan fingerprint density at radius 2 is 1.22 bits per heavy atom. The summed E-state index contributed by atoms with van der Waals surface area (Å²) in [6.45, 7) is 3.48. The second kappa shape index (κ2) is 11.7. The van der Waals surface area contributed by atoms with Crippen molar-refractivity contribution in [2.45, 2.75) is 26.1 Å². The number of anilines is 1. The number of carboxylic acid groups (broad SMARTS) is 1. The molecule has 0 saturated carbocycles. The molecule has 0 spiro atoms. The largest absolute Gasteiger partial charge is 0.478 e. The lowest BCUT2D eigenvalue weighted by atomic mass is 10.1. The van der Waals surface area contributed by atoms with Crippen LogP contribution < -0.4 is 5.32 Å². The highest BCUT2D eigenvalue weighted by atomic mass is 35.5. The first-order chi connectivity index (χ1) is 17.0. The van der Waals surface area contributed by atoms with Gasteiger partial charge in [0, 0.05) is 15.7 Å². The average molecular weight is 530 g/mol.